The normalized spacial score (nSPS) is 11.2. The third-order valence-electron chi connectivity index (χ3n) is 3.58. The highest BCUT2D eigenvalue weighted by Crippen LogP contribution is 2.24. The zero-order valence-electron chi connectivity index (χ0n) is 13.8. The van der Waals surface area contributed by atoms with Crippen molar-refractivity contribution in [2.45, 2.75) is 59.9 Å². The maximum absolute atomic E-state index is 4.41. The Morgan fingerprint density at radius 2 is 1.85 bits per heavy atom. The van der Waals surface area contributed by atoms with Crippen LogP contribution in [0.25, 0.3) is 0 Å². The molecule has 0 aliphatic heterocycles. The maximum atomic E-state index is 4.41. The summed E-state index contributed by atoms with van der Waals surface area (Å²) < 4.78 is 0. The fraction of sp³-hybridized carbons (Fsp3) is 0.706. The van der Waals surface area contributed by atoms with Crippen molar-refractivity contribution in [1.82, 2.24) is 4.98 Å². The van der Waals surface area contributed by atoms with Gasteiger partial charge in [-0.05, 0) is 31.2 Å². The summed E-state index contributed by atoms with van der Waals surface area (Å²) >= 11 is 0. The van der Waals surface area contributed by atoms with Crippen molar-refractivity contribution in [1.29, 1.82) is 0 Å². The van der Waals surface area contributed by atoms with Crippen molar-refractivity contribution in [3.8, 4) is 0 Å². The summed E-state index contributed by atoms with van der Waals surface area (Å²) in [7, 11) is 0. The molecule has 0 bridgehead atoms. The van der Waals surface area contributed by atoms with Crippen molar-refractivity contribution in [2.24, 2.45) is 5.92 Å². The van der Waals surface area contributed by atoms with E-state index in [-0.39, 0.29) is 0 Å². The number of rotatable bonds is 9. The molecule has 3 heteroatoms. The van der Waals surface area contributed by atoms with Gasteiger partial charge in [0, 0.05) is 19.1 Å². The minimum absolute atomic E-state index is 0.598. The number of nitrogens with one attached hydrogen (secondary N) is 1. The van der Waals surface area contributed by atoms with E-state index in [1.165, 1.54) is 18.5 Å². The minimum atomic E-state index is 0.598. The summed E-state index contributed by atoms with van der Waals surface area (Å²) in [6, 6.07) is 2.84. The molecule has 0 fully saturated rings. The quantitative estimate of drug-likeness (QED) is 0.717. The van der Waals surface area contributed by atoms with Crippen LogP contribution in [0.4, 0.5) is 11.4 Å². The van der Waals surface area contributed by atoms with E-state index in [0.29, 0.717) is 12.0 Å². The Morgan fingerprint density at radius 3 is 2.40 bits per heavy atom. The van der Waals surface area contributed by atoms with Gasteiger partial charge >= 0.3 is 0 Å². The molecule has 0 aliphatic rings. The smallest absolute Gasteiger partial charge is 0.0576 e. The maximum Gasteiger partial charge on any atom is 0.0576 e. The highest BCUT2D eigenvalue weighted by molar-refractivity contribution is 5.56. The van der Waals surface area contributed by atoms with E-state index in [0.717, 1.165) is 25.2 Å². The van der Waals surface area contributed by atoms with Crippen LogP contribution in [0.5, 0.6) is 0 Å². The number of nitrogens with zero attached hydrogens (tertiary/aromatic N) is 2. The van der Waals surface area contributed by atoms with Crippen LogP contribution in [0.1, 0.15) is 53.9 Å². The number of aromatic nitrogens is 1. The van der Waals surface area contributed by atoms with Gasteiger partial charge in [-0.2, -0.15) is 0 Å². The minimum Gasteiger partial charge on any atom is -0.384 e. The van der Waals surface area contributed by atoms with Gasteiger partial charge in [-0.3, -0.25) is 4.98 Å². The molecule has 114 valence electrons. The highest BCUT2D eigenvalue weighted by atomic mass is 15.2. The van der Waals surface area contributed by atoms with Crippen molar-refractivity contribution in [2.75, 3.05) is 23.3 Å². The predicted molar refractivity (Wildman–Crippen MR) is 89.6 cm³/mol. The largest absolute Gasteiger partial charge is 0.384 e. The zero-order chi connectivity index (χ0) is 15.0. The molecule has 0 amide bonds. The second-order valence-corrected chi connectivity index (χ2v) is 5.88. The van der Waals surface area contributed by atoms with Crippen LogP contribution in [0.3, 0.4) is 0 Å². The first kappa shape index (κ1) is 16.8. The van der Waals surface area contributed by atoms with Crippen molar-refractivity contribution < 1.29 is 0 Å². The summed E-state index contributed by atoms with van der Waals surface area (Å²) in [5, 5.41) is 3.43. The van der Waals surface area contributed by atoms with Gasteiger partial charge in [-0.15, -0.1) is 0 Å². The average Bonchev–Trinajstić information content (AvgIpc) is 2.45. The summed E-state index contributed by atoms with van der Waals surface area (Å²) in [6.07, 6.45) is 7.40. The summed E-state index contributed by atoms with van der Waals surface area (Å²) in [5.74, 6) is 0.655. The Balaban J connectivity index is 2.94. The molecule has 0 aromatic carbocycles. The number of pyridine rings is 1. The number of anilines is 2. The van der Waals surface area contributed by atoms with Gasteiger partial charge in [0.25, 0.3) is 0 Å². The SMILES string of the molecule is CCCNc1cncc(N(CC(C)C)C(CC)CC)c1. The van der Waals surface area contributed by atoms with E-state index in [1.807, 2.05) is 12.4 Å². The molecule has 0 atom stereocenters. The molecule has 1 N–H and O–H groups in total. The van der Waals surface area contributed by atoms with Gasteiger partial charge in [-0.25, -0.2) is 0 Å². The lowest BCUT2D eigenvalue weighted by Gasteiger charge is -2.34. The van der Waals surface area contributed by atoms with Crippen LogP contribution >= 0.6 is 0 Å². The van der Waals surface area contributed by atoms with E-state index < -0.39 is 0 Å². The molecule has 0 radical (unpaired) electrons. The van der Waals surface area contributed by atoms with E-state index >= 15 is 0 Å². The monoisotopic (exact) mass is 277 g/mol. The molecule has 0 saturated carbocycles. The molecule has 1 aromatic heterocycles. The topological polar surface area (TPSA) is 28.2 Å². The van der Waals surface area contributed by atoms with Crippen LogP contribution < -0.4 is 10.2 Å². The van der Waals surface area contributed by atoms with E-state index in [2.05, 4.69) is 55.9 Å². The Kier molecular flexibility index (Phi) is 7.42. The van der Waals surface area contributed by atoms with Crippen LogP contribution in [-0.2, 0) is 0 Å². The summed E-state index contributed by atoms with van der Waals surface area (Å²) in [6.45, 7) is 13.4. The first-order chi connectivity index (χ1) is 9.62. The molecular weight excluding hydrogens is 246 g/mol. The number of hydrogen-bond acceptors (Lipinski definition) is 3. The van der Waals surface area contributed by atoms with Gasteiger partial charge in [-0.1, -0.05) is 34.6 Å². The zero-order valence-corrected chi connectivity index (χ0v) is 13.8. The Labute approximate surface area is 124 Å². The van der Waals surface area contributed by atoms with Gasteiger partial charge in [0.05, 0.1) is 23.8 Å². The first-order valence-electron chi connectivity index (χ1n) is 8.07. The summed E-state index contributed by atoms with van der Waals surface area (Å²) in [4.78, 5) is 6.94. The number of hydrogen-bond donors (Lipinski definition) is 1. The van der Waals surface area contributed by atoms with Crippen LogP contribution in [0, 0.1) is 5.92 Å². The van der Waals surface area contributed by atoms with E-state index in [4.69, 9.17) is 0 Å². The Bertz CT molecular complexity index is 372. The molecule has 0 saturated heterocycles. The van der Waals surface area contributed by atoms with E-state index in [1.54, 1.807) is 0 Å². The lowest BCUT2D eigenvalue weighted by Crippen LogP contribution is -2.37. The van der Waals surface area contributed by atoms with Gasteiger partial charge in [0.1, 0.15) is 0 Å². The van der Waals surface area contributed by atoms with Gasteiger partial charge in [0.15, 0.2) is 0 Å². The molecule has 1 aromatic rings. The molecule has 0 aliphatic carbocycles. The molecule has 3 nitrogen and oxygen atoms in total. The second kappa shape index (κ2) is 8.83. The molecule has 0 unspecified atom stereocenters. The third kappa shape index (κ3) is 5.03. The molecule has 20 heavy (non-hydrogen) atoms. The van der Waals surface area contributed by atoms with Crippen molar-refractivity contribution in [3.05, 3.63) is 18.5 Å². The fourth-order valence-electron chi connectivity index (χ4n) is 2.54. The standard InChI is InChI=1S/C17H31N3/c1-6-9-19-15-10-17(12-18-11-15)20(13-14(4)5)16(7-2)8-3/h10-12,14,16,19H,6-9,13H2,1-5H3. The van der Waals surface area contributed by atoms with Crippen LogP contribution in [0.2, 0.25) is 0 Å². The van der Waals surface area contributed by atoms with Crippen LogP contribution in [0.15, 0.2) is 18.5 Å². The van der Waals surface area contributed by atoms with E-state index in [9.17, 15) is 0 Å². The lowest BCUT2D eigenvalue weighted by atomic mass is 10.1. The third-order valence-corrected chi connectivity index (χ3v) is 3.58. The average molecular weight is 277 g/mol. The Hall–Kier alpha value is -1.25. The predicted octanol–water partition coefficient (Wildman–Crippen LogP) is 4.55. The van der Waals surface area contributed by atoms with Crippen LogP contribution in [-0.4, -0.2) is 24.1 Å². The fourth-order valence-corrected chi connectivity index (χ4v) is 2.54. The van der Waals surface area contributed by atoms with Gasteiger partial charge < -0.3 is 10.2 Å². The lowest BCUT2D eigenvalue weighted by molar-refractivity contribution is 0.507. The van der Waals surface area contributed by atoms with Gasteiger partial charge in [0.2, 0.25) is 0 Å². The molecule has 1 heterocycles. The molecule has 0 spiro atoms. The summed E-state index contributed by atoms with van der Waals surface area (Å²) in [5.41, 5.74) is 2.37. The molecule has 1 rings (SSSR count). The molecular formula is C17H31N3. The first-order valence-corrected chi connectivity index (χ1v) is 8.07. The second-order valence-electron chi connectivity index (χ2n) is 5.88. The van der Waals surface area contributed by atoms with Crippen molar-refractivity contribution >= 4 is 11.4 Å². The Morgan fingerprint density at radius 1 is 1.15 bits per heavy atom. The highest BCUT2D eigenvalue weighted by Gasteiger charge is 2.17. The van der Waals surface area contributed by atoms with Crippen molar-refractivity contribution in [3.63, 3.8) is 0 Å².